The van der Waals surface area contributed by atoms with Gasteiger partial charge in [0.05, 0.1) is 11.4 Å². The molecule has 0 aliphatic heterocycles. The van der Waals surface area contributed by atoms with E-state index in [0.717, 1.165) is 24.2 Å². The quantitative estimate of drug-likeness (QED) is 0.876. The summed E-state index contributed by atoms with van der Waals surface area (Å²) in [4.78, 5) is 12.6. The lowest BCUT2D eigenvalue weighted by Gasteiger charge is -2.15. The molecule has 1 fully saturated rings. The van der Waals surface area contributed by atoms with Gasteiger partial charge in [-0.1, -0.05) is 37.0 Å². The number of hydrogen-bond donors (Lipinski definition) is 1. The van der Waals surface area contributed by atoms with E-state index >= 15 is 0 Å². The lowest BCUT2D eigenvalue weighted by molar-refractivity contribution is 0.0927. The number of aromatic nitrogens is 3. The van der Waals surface area contributed by atoms with Crippen LogP contribution in [-0.4, -0.2) is 26.9 Å². The molecule has 1 aliphatic carbocycles. The molecule has 1 N–H and O–H groups in total. The van der Waals surface area contributed by atoms with Gasteiger partial charge in [-0.3, -0.25) is 4.79 Å². The summed E-state index contributed by atoms with van der Waals surface area (Å²) in [5.41, 5.74) is 4.59. The summed E-state index contributed by atoms with van der Waals surface area (Å²) in [6.07, 6.45) is 7.06. The van der Waals surface area contributed by atoms with E-state index in [0.29, 0.717) is 5.69 Å². The molecule has 5 nitrogen and oxygen atoms in total. The number of amides is 1. The minimum absolute atomic E-state index is 0.102. The Hall–Kier alpha value is -2.17. The summed E-state index contributed by atoms with van der Waals surface area (Å²) < 4.78 is 1.74. The van der Waals surface area contributed by atoms with E-state index in [1.54, 1.807) is 4.68 Å². The summed E-state index contributed by atoms with van der Waals surface area (Å²) in [5.74, 6) is -0.102. The van der Waals surface area contributed by atoms with E-state index in [-0.39, 0.29) is 11.9 Å². The predicted octanol–water partition coefficient (Wildman–Crippen LogP) is 3.65. The fourth-order valence-electron chi connectivity index (χ4n) is 3.32. The van der Waals surface area contributed by atoms with Crippen molar-refractivity contribution >= 4 is 5.91 Å². The second-order valence-corrected chi connectivity index (χ2v) is 6.87. The van der Waals surface area contributed by atoms with Gasteiger partial charge < -0.3 is 5.32 Å². The first-order valence-electron chi connectivity index (χ1n) is 8.87. The van der Waals surface area contributed by atoms with Crippen LogP contribution >= 0.6 is 0 Å². The van der Waals surface area contributed by atoms with Gasteiger partial charge >= 0.3 is 0 Å². The van der Waals surface area contributed by atoms with Crippen LogP contribution in [0.5, 0.6) is 0 Å². The molecule has 5 heteroatoms. The standard InChI is InChI=1S/C19H26N4O/c1-13-10-11-17(12-14(13)2)23-15(3)18(21-22-23)19(24)20-16-8-6-4-5-7-9-16/h10-12,16H,4-9H2,1-3H3,(H,20,24). The number of nitrogens with one attached hydrogen (secondary N) is 1. The Morgan fingerprint density at radius 2 is 1.79 bits per heavy atom. The molecular formula is C19H26N4O. The highest BCUT2D eigenvalue weighted by Crippen LogP contribution is 2.19. The van der Waals surface area contributed by atoms with Crippen LogP contribution in [0, 0.1) is 20.8 Å². The molecule has 0 atom stereocenters. The number of hydrogen-bond acceptors (Lipinski definition) is 3. The van der Waals surface area contributed by atoms with E-state index in [1.165, 1.54) is 36.8 Å². The van der Waals surface area contributed by atoms with Gasteiger partial charge in [-0.25, -0.2) is 4.68 Å². The van der Waals surface area contributed by atoms with Gasteiger partial charge in [0.25, 0.3) is 5.91 Å². The zero-order chi connectivity index (χ0) is 17.1. The maximum Gasteiger partial charge on any atom is 0.273 e. The molecule has 0 saturated heterocycles. The third kappa shape index (κ3) is 3.50. The van der Waals surface area contributed by atoms with Gasteiger partial charge in [0.15, 0.2) is 5.69 Å². The molecule has 1 heterocycles. The highest BCUT2D eigenvalue weighted by Gasteiger charge is 2.21. The third-order valence-corrected chi connectivity index (χ3v) is 5.04. The third-order valence-electron chi connectivity index (χ3n) is 5.04. The van der Waals surface area contributed by atoms with Gasteiger partial charge in [0, 0.05) is 6.04 Å². The fourth-order valence-corrected chi connectivity index (χ4v) is 3.32. The van der Waals surface area contributed by atoms with Crippen molar-refractivity contribution < 1.29 is 4.79 Å². The molecule has 1 saturated carbocycles. The topological polar surface area (TPSA) is 59.8 Å². The average molecular weight is 326 g/mol. The second kappa shape index (κ2) is 7.16. The molecule has 1 aromatic carbocycles. The Balaban J connectivity index is 1.78. The Morgan fingerprint density at radius 1 is 1.08 bits per heavy atom. The van der Waals surface area contributed by atoms with Gasteiger partial charge in [-0.05, 0) is 56.9 Å². The average Bonchev–Trinajstić information content (AvgIpc) is 2.77. The van der Waals surface area contributed by atoms with Crippen LogP contribution in [0.4, 0.5) is 0 Å². The molecule has 3 rings (SSSR count). The van der Waals surface area contributed by atoms with Crippen LogP contribution in [0.15, 0.2) is 18.2 Å². The Kier molecular flexibility index (Phi) is 4.97. The first kappa shape index (κ1) is 16.7. The summed E-state index contributed by atoms with van der Waals surface area (Å²) in [7, 11) is 0. The van der Waals surface area contributed by atoms with Gasteiger partial charge in [0.2, 0.25) is 0 Å². The maximum atomic E-state index is 12.6. The number of carbonyl (C=O) groups is 1. The van der Waals surface area contributed by atoms with Crippen LogP contribution in [-0.2, 0) is 0 Å². The zero-order valence-corrected chi connectivity index (χ0v) is 14.8. The smallest absolute Gasteiger partial charge is 0.273 e. The molecule has 1 amide bonds. The molecule has 2 aromatic rings. The van der Waals surface area contributed by atoms with E-state index in [4.69, 9.17) is 0 Å². The van der Waals surface area contributed by atoms with Crippen molar-refractivity contribution in [3.05, 3.63) is 40.7 Å². The van der Waals surface area contributed by atoms with Crippen LogP contribution in [0.3, 0.4) is 0 Å². The van der Waals surface area contributed by atoms with Crippen LogP contribution in [0.1, 0.15) is 65.8 Å². The second-order valence-electron chi connectivity index (χ2n) is 6.87. The van der Waals surface area contributed by atoms with Crippen LogP contribution in [0.25, 0.3) is 5.69 Å². The molecule has 0 spiro atoms. The van der Waals surface area contributed by atoms with Gasteiger partial charge in [0.1, 0.15) is 0 Å². The molecule has 0 bridgehead atoms. The van der Waals surface area contributed by atoms with Crippen LogP contribution < -0.4 is 5.32 Å². The fraction of sp³-hybridized carbons (Fsp3) is 0.526. The van der Waals surface area contributed by atoms with Crippen molar-refractivity contribution in [2.75, 3.05) is 0 Å². The minimum Gasteiger partial charge on any atom is -0.348 e. The van der Waals surface area contributed by atoms with Crippen molar-refractivity contribution in [2.24, 2.45) is 0 Å². The van der Waals surface area contributed by atoms with Gasteiger partial charge in [-0.15, -0.1) is 5.10 Å². The molecule has 128 valence electrons. The first-order chi connectivity index (χ1) is 11.6. The lowest BCUT2D eigenvalue weighted by atomic mass is 10.1. The molecular weight excluding hydrogens is 300 g/mol. The van der Waals surface area contributed by atoms with Gasteiger partial charge in [-0.2, -0.15) is 0 Å². The molecule has 0 unspecified atom stereocenters. The minimum atomic E-state index is -0.102. The van der Waals surface area contributed by atoms with Crippen molar-refractivity contribution in [3.8, 4) is 5.69 Å². The van der Waals surface area contributed by atoms with Crippen molar-refractivity contribution in [3.63, 3.8) is 0 Å². The SMILES string of the molecule is Cc1ccc(-n2nnc(C(=O)NC3CCCCCC3)c2C)cc1C. The monoisotopic (exact) mass is 326 g/mol. The number of carbonyl (C=O) groups excluding carboxylic acids is 1. The molecule has 1 aliphatic rings. The van der Waals surface area contributed by atoms with E-state index in [9.17, 15) is 4.79 Å². The zero-order valence-electron chi connectivity index (χ0n) is 14.8. The number of aryl methyl sites for hydroxylation is 2. The van der Waals surface area contributed by atoms with E-state index in [2.05, 4.69) is 41.6 Å². The number of rotatable bonds is 3. The lowest BCUT2D eigenvalue weighted by Crippen LogP contribution is -2.35. The Labute approximate surface area is 143 Å². The number of benzene rings is 1. The summed E-state index contributed by atoms with van der Waals surface area (Å²) in [6, 6.07) is 6.42. The van der Waals surface area contributed by atoms with Crippen molar-refractivity contribution in [2.45, 2.75) is 65.3 Å². The highest BCUT2D eigenvalue weighted by molar-refractivity contribution is 5.93. The molecule has 24 heavy (non-hydrogen) atoms. The summed E-state index contributed by atoms with van der Waals surface area (Å²) >= 11 is 0. The highest BCUT2D eigenvalue weighted by atomic mass is 16.2. The van der Waals surface area contributed by atoms with E-state index < -0.39 is 0 Å². The first-order valence-corrected chi connectivity index (χ1v) is 8.87. The van der Waals surface area contributed by atoms with Crippen molar-refractivity contribution in [1.82, 2.24) is 20.3 Å². The number of nitrogens with zero attached hydrogens (tertiary/aromatic N) is 3. The summed E-state index contributed by atoms with van der Waals surface area (Å²) in [5, 5.41) is 11.5. The maximum absolute atomic E-state index is 12.6. The van der Waals surface area contributed by atoms with Crippen LogP contribution in [0.2, 0.25) is 0 Å². The van der Waals surface area contributed by atoms with E-state index in [1.807, 2.05) is 13.0 Å². The Morgan fingerprint density at radius 3 is 2.46 bits per heavy atom. The van der Waals surface area contributed by atoms with Crippen molar-refractivity contribution in [1.29, 1.82) is 0 Å². The largest absolute Gasteiger partial charge is 0.348 e. The summed E-state index contributed by atoms with van der Waals surface area (Å²) in [6.45, 7) is 6.06. The Bertz CT molecular complexity index is 727. The normalized spacial score (nSPS) is 16.0. The molecule has 1 aromatic heterocycles. The molecule has 0 radical (unpaired) electrons. The predicted molar refractivity (Wildman–Crippen MR) is 94.5 cm³/mol.